The lowest BCUT2D eigenvalue weighted by Crippen LogP contribution is -2.07. The maximum absolute atomic E-state index is 5.49. The molecule has 0 amide bonds. The van der Waals surface area contributed by atoms with Gasteiger partial charge in [-0.25, -0.2) is 15.0 Å². The molecule has 0 saturated carbocycles. The summed E-state index contributed by atoms with van der Waals surface area (Å²) in [5, 5.41) is 9.76. The summed E-state index contributed by atoms with van der Waals surface area (Å²) in [5.74, 6) is 1.77. The van der Waals surface area contributed by atoms with Crippen molar-refractivity contribution in [2.75, 3.05) is 0 Å². The summed E-state index contributed by atoms with van der Waals surface area (Å²) in [6.07, 6.45) is 0. The fourth-order valence-electron chi connectivity index (χ4n) is 13.0. The standard InChI is InChI=1S/C75H46N6S/c1-3-23-47(24-4-1)73-76-74(48-25-5-2-6-26-48)78-75(77-73)49-45-59(54-31-11-19-39-65(54)79-61-35-15-7-27-50(61)51-28-8-16-36-62(51)79)71(81-67-41-21-13-34-58(67)70-68(81)44-43-57-56-33-14-22-42-69(56)82-72(57)70)60(46-49)55-32-12-20-40-66(55)80-63-37-17-9-29-52(63)53-30-10-18-38-64(53)80/h1-46H. The number of hydrogen-bond donors (Lipinski definition) is 0. The van der Waals surface area contributed by atoms with Crippen LogP contribution in [-0.4, -0.2) is 28.7 Å². The molecule has 0 saturated heterocycles. The second-order valence-electron chi connectivity index (χ2n) is 21.0. The van der Waals surface area contributed by atoms with Crippen molar-refractivity contribution >= 4 is 96.9 Å². The van der Waals surface area contributed by atoms with Gasteiger partial charge in [-0.05, 0) is 66.7 Å². The van der Waals surface area contributed by atoms with E-state index in [-0.39, 0.29) is 0 Å². The van der Waals surface area contributed by atoms with Gasteiger partial charge in [0, 0.05) is 91.4 Å². The molecule has 0 fully saturated rings. The monoisotopic (exact) mass is 1060 g/mol. The van der Waals surface area contributed by atoms with Crippen LogP contribution in [0.25, 0.3) is 159 Å². The molecule has 6 nitrogen and oxygen atoms in total. The average molecular weight is 1060 g/mol. The van der Waals surface area contributed by atoms with Gasteiger partial charge in [-0.2, -0.15) is 0 Å². The van der Waals surface area contributed by atoms with Crippen LogP contribution in [0.1, 0.15) is 0 Å². The Hall–Kier alpha value is -10.7. The summed E-state index contributed by atoms with van der Waals surface area (Å²) in [6, 6.07) is 101. The molecule has 82 heavy (non-hydrogen) atoms. The fraction of sp³-hybridized carbons (Fsp3) is 0. The van der Waals surface area contributed by atoms with Gasteiger partial charge in [0.05, 0.1) is 50.2 Å². The fourth-order valence-corrected chi connectivity index (χ4v) is 14.2. The third-order valence-corrected chi connectivity index (χ3v) is 17.7. The van der Waals surface area contributed by atoms with E-state index >= 15 is 0 Å². The Bertz CT molecular complexity index is 5070. The number of benzene rings is 12. The van der Waals surface area contributed by atoms with Gasteiger partial charge < -0.3 is 13.7 Å². The molecule has 0 spiro atoms. The van der Waals surface area contributed by atoms with Crippen molar-refractivity contribution in [3.8, 4) is 73.5 Å². The lowest BCUT2D eigenvalue weighted by atomic mass is 9.90. The largest absolute Gasteiger partial charge is 0.309 e. The number of aromatic nitrogens is 6. The Morgan fingerprint density at radius 2 is 0.634 bits per heavy atom. The summed E-state index contributed by atoms with van der Waals surface area (Å²) in [5.41, 5.74) is 16.7. The van der Waals surface area contributed by atoms with Crippen molar-refractivity contribution in [1.82, 2.24) is 28.7 Å². The quantitative estimate of drug-likeness (QED) is 0.152. The van der Waals surface area contributed by atoms with Crippen LogP contribution in [-0.2, 0) is 0 Å². The second kappa shape index (κ2) is 18.4. The Morgan fingerprint density at radius 3 is 1.12 bits per heavy atom. The molecule has 0 atom stereocenters. The van der Waals surface area contributed by atoms with E-state index in [0.29, 0.717) is 17.5 Å². The van der Waals surface area contributed by atoms with Crippen molar-refractivity contribution in [2.45, 2.75) is 0 Å². The van der Waals surface area contributed by atoms with Crippen LogP contribution >= 0.6 is 11.3 Å². The first kappa shape index (κ1) is 46.2. The van der Waals surface area contributed by atoms with Crippen LogP contribution in [0, 0.1) is 0 Å². The van der Waals surface area contributed by atoms with Crippen LogP contribution in [0.2, 0.25) is 0 Å². The van der Waals surface area contributed by atoms with Crippen LogP contribution < -0.4 is 0 Å². The predicted octanol–water partition coefficient (Wildman–Crippen LogP) is 19.9. The van der Waals surface area contributed by atoms with Gasteiger partial charge in [-0.1, -0.05) is 212 Å². The SMILES string of the molecule is c1ccc(-c2nc(-c3ccccc3)nc(-c3cc(-c4ccccc4-n4c5ccccc5c5ccccc54)c(-n4c5ccccc5c5c6sc7ccccc7c6ccc54)c(-c4ccccc4-n4c5ccccc5c5ccccc54)c3)n2)cc1. The molecule has 0 aliphatic carbocycles. The highest BCUT2D eigenvalue weighted by molar-refractivity contribution is 7.26. The van der Waals surface area contributed by atoms with Crippen molar-refractivity contribution < 1.29 is 0 Å². The Kier molecular flexibility index (Phi) is 10.4. The van der Waals surface area contributed by atoms with E-state index in [1.165, 1.54) is 52.5 Å². The lowest BCUT2D eigenvalue weighted by molar-refractivity contribution is 1.07. The van der Waals surface area contributed by atoms with E-state index in [2.05, 4.69) is 256 Å². The van der Waals surface area contributed by atoms with Gasteiger partial charge in [0.2, 0.25) is 0 Å². The van der Waals surface area contributed by atoms with Crippen LogP contribution in [0.15, 0.2) is 279 Å². The zero-order chi connectivity index (χ0) is 53.8. The van der Waals surface area contributed by atoms with Crippen molar-refractivity contribution in [3.63, 3.8) is 0 Å². The van der Waals surface area contributed by atoms with Gasteiger partial charge >= 0.3 is 0 Å². The molecular formula is C75H46N6S. The molecule has 382 valence electrons. The topological polar surface area (TPSA) is 53.5 Å². The molecule has 7 heteroatoms. The first-order valence-corrected chi connectivity index (χ1v) is 28.6. The molecule has 0 radical (unpaired) electrons. The van der Waals surface area contributed by atoms with E-state index in [1.54, 1.807) is 0 Å². The molecule has 17 aromatic rings. The molecule has 0 aliphatic rings. The Labute approximate surface area is 475 Å². The maximum Gasteiger partial charge on any atom is 0.164 e. The van der Waals surface area contributed by atoms with E-state index in [9.17, 15) is 0 Å². The number of thiophene rings is 1. The summed E-state index contributed by atoms with van der Waals surface area (Å²) >= 11 is 1.88. The molecular weight excluding hydrogens is 1020 g/mol. The smallest absolute Gasteiger partial charge is 0.164 e. The van der Waals surface area contributed by atoms with Crippen LogP contribution in [0.3, 0.4) is 0 Å². The van der Waals surface area contributed by atoms with Crippen LogP contribution in [0.5, 0.6) is 0 Å². The number of fused-ring (bicyclic) bond motifs is 13. The first-order valence-electron chi connectivity index (χ1n) is 27.8. The van der Waals surface area contributed by atoms with Crippen molar-refractivity contribution in [1.29, 1.82) is 0 Å². The zero-order valence-electron chi connectivity index (χ0n) is 44.1. The van der Waals surface area contributed by atoms with Gasteiger partial charge in [-0.15, -0.1) is 11.3 Å². The number of para-hydroxylation sites is 7. The summed E-state index contributed by atoms with van der Waals surface area (Å²) < 4.78 is 10.0. The summed E-state index contributed by atoms with van der Waals surface area (Å²) in [6.45, 7) is 0. The molecule has 5 heterocycles. The number of hydrogen-bond acceptors (Lipinski definition) is 4. The summed E-state index contributed by atoms with van der Waals surface area (Å²) in [7, 11) is 0. The van der Waals surface area contributed by atoms with Gasteiger partial charge in [0.25, 0.3) is 0 Å². The number of nitrogens with zero attached hydrogens (tertiary/aromatic N) is 6. The minimum absolute atomic E-state index is 0.569. The van der Waals surface area contributed by atoms with E-state index in [4.69, 9.17) is 15.0 Å². The van der Waals surface area contributed by atoms with Gasteiger partial charge in [0.15, 0.2) is 17.5 Å². The molecule has 0 bridgehead atoms. The lowest BCUT2D eigenvalue weighted by Gasteiger charge is -2.24. The van der Waals surface area contributed by atoms with Crippen molar-refractivity contribution in [3.05, 3.63) is 279 Å². The van der Waals surface area contributed by atoms with Gasteiger partial charge in [-0.3, -0.25) is 0 Å². The summed E-state index contributed by atoms with van der Waals surface area (Å²) in [4.78, 5) is 16.2. The molecule has 17 rings (SSSR count). The average Bonchev–Trinajstić information content (AvgIpc) is 2.88. The highest BCUT2D eigenvalue weighted by atomic mass is 32.1. The highest BCUT2D eigenvalue weighted by Gasteiger charge is 2.28. The third kappa shape index (κ3) is 7.03. The van der Waals surface area contributed by atoms with E-state index in [1.807, 2.05) is 47.7 Å². The molecule has 0 aliphatic heterocycles. The van der Waals surface area contributed by atoms with E-state index < -0.39 is 0 Å². The van der Waals surface area contributed by atoms with Crippen molar-refractivity contribution in [2.24, 2.45) is 0 Å². The number of rotatable bonds is 8. The molecule has 12 aromatic carbocycles. The maximum atomic E-state index is 5.49. The Balaban J connectivity index is 1.07. The molecule has 0 unspecified atom stereocenters. The third-order valence-electron chi connectivity index (χ3n) is 16.5. The predicted molar refractivity (Wildman–Crippen MR) is 343 cm³/mol. The highest BCUT2D eigenvalue weighted by Crippen LogP contribution is 2.50. The minimum Gasteiger partial charge on any atom is -0.309 e. The van der Waals surface area contributed by atoms with Crippen LogP contribution in [0.4, 0.5) is 0 Å². The second-order valence-corrected chi connectivity index (χ2v) is 22.1. The van der Waals surface area contributed by atoms with Gasteiger partial charge in [0.1, 0.15) is 0 Å². The normalized spacial score (nSPS) is 11.9. The Morgan fingerprint density at radius 1 is 0.256 bits per heavy atom. The molecule has 0 N–H and O–H groups in total. The van der Waals surface area contributed by atoms with E-state index in [0.717, 1.165) is 89.1 Å². The first-order chi connectivity index (χ1) is 40.7. The molecule has 5 aromatic heterocycles. The zero-order valence-corrected chi connectivity index (χ0v) is 45.0. The minimum atomic E-state index is 0.569.